The second-order valence-corrected chi connectivity index (χ2v) is 3.43. The fraction of sp³-hybridized carbons (Fsp3) is 0.231. The van der Waals surface area contributed by atoms with Crippen molar-refractivity contribution >= 4 is 17.4 Å². The fourth-order valence-electron chi connectivity index (χ4n) is 1.41. The van der Waals surface area contributed by atoms with Gasteiger partial charge in [-0.15, -0.1) is 0 Å². The summed E-state index contributed by atoms with van der Waals surface area (Å²) >= 11 is 0. The van der Waals surface area contributed by atoms with E-state index < -0.39 is 11.8 Å². The van der Waals surface area contributed by atoms with E-state index in [4.69, 9.17) is 10.5 Å². The van der Waals surface area contributed by atoms with Gasteiger partial charge in [0.2, 0.25) is 0 Å². The van der Waals surface area contributed by atoms with Gasteiger partial charge >= 0.3 is 5.97 Å². The quantitative estimate of drug-likeness (QED) is 0.370. The molecule has 0 aliphatic heterocycles. The smallest absolute Gasteiger partial charge is 0.343 e. The van der Waals surface area contributed by atoms with Crippen LogP contribution in [0.2, 0.25) is 0 Å². The number of ether oxygens (including phenoxy) is 1. The molecule has 0 unspecified atom stereocenters. The van der Waals surface area contributed by atoms with Crippen LogP contribution in [0.4, 0.5) is 0 Å². The molecule has 0 bridgehead atoms. The van der Waals surface area contributed by atoms with Crippen molar-refractivity contribution in [1.29, 1.82) is 0 Å². The van der Waals surface area contributed by atoms with Gasteiger partial charge in [-0.25, -0.2) is 4.79 Å². The molecule has 90 valence electrons. The Morgan fingerprint density at radius 3 is 2.29 bits per heavy atom. The zero-order valence-corrected chi connectivity index (χ0v) is 9.90. The minimum Gasteiger partial charge on any atom is -0.462 e. The summed E-state index contributed by atoms with van der Waals surface area (Å²) in [5.41, 5.74) is 6.51. The van der Waals surface area contributed by atoms with E-state index in [1.165, 1.54) is 6.92 Å². The first-order chi connectivity index (χ1) is 8.07. The van der Waals surface area contributed by atoms with Crippen LogP contribution in [0.1, 0.15) is 19.4 Å². The van der Waals surface area contributed by atoms with Crippen molar-refractivity contribution in [3.63, 3.8) is 0 Å². The van der Waals surface area contributed by atoms with Gasteiger partial charge in [0.1, 0.15) is 5.57 Å². The highest BCUT2D eigenvalue weighted by Gasteiger charge is 2.20. The Bertz CT molecular complexity index is 449. The van der Waals surface area contributed by atoms with Crippen LogP contribution in [-0.4, -0.2) is 18.4 Å². The number of esters is 1. The van der Waals surface area contributed by atoms with Crippen molar-refractivity contribution in [2.24, 2.45) is 5.73 Å². The first-order valence-electron chi connectivity index (χ1n) is 5.31. The number of nitrogens with two attached hydrogens (primary N) is 1. The van der Waals surface area contributed by atoms with E-state index >= 15 is 0 Å². The van der Waals surface area contributed by atoms with E-state index in [1.807, 2.05) is 6.07 Å². The lowest BCUT2D eigenvalue weighted by Gasteiger charge is -2.08. The standard InChI is InChI=1S/C13H15NO3/c1-3-17-13(16)11(9(2)15)12(14)10-7-5-4-6-8-10/h4-8H,3,14H2,1-2H3/b12-11+. The summed E-state index contributed by atoms with van der Waals surface area (Å²) in [7, 11) is 0. The number of carbonyl (C=O) groups is 2. The lowest BCUT2D eigenvalue weighted by Crippen LogP contribution is -2.18. The average Bonchev–Trinajstić information content (AvgIpc) is 2.30. The van der Waals surface area contributed by atoms with E-state index in [-0.39, 0.29) is 17.9 Å². The number of hydrogen-bond donors (Lipinski definition) is 1. The van der Waals surface area contributed by atoms with Crippen LogP contribution < -0.4 is 5.73 Å². The van der Waals surface area contributed by atoms with Gasteiger partial charge in [0.05, 0.1) is 12.3 Å². The minimum atomic E-state index is -0.679. The first kappa shape index (κ1) is 13.0. The van der Waals surface area contributed by atoms with Crippen LogP contribution in [0.15, 0.2) is 35.9 Å². The maximum atomic E-state index is 11.6. The van der Waals surface area contributed by atoms with Gasteiger partial charge in [-0.3, -0.25) is 4.79 Å². The Labute approximate surface area is 100 Å². The van der Waals surface area contributed by atoms with Crippen LogP contribution in [-0.2, 0) is 14.3 Å². The molecule has 1 aromatic rings. The summed E-state index contributed by atoms with van der Waals surface area (Å²) in [4.78, 5) is 23.1. The minimum absolute atomic E-state index is 0.0990. The molecular formula is C13H15NO3. The molecule has 0 aliphatic carbocycles. The predicted octanol–water partition coefficient (Wildman–Crippen LogP) is 1.51. The van der Waals surface area contributed by atoms with Gasteiger partial charge in [-0.1, -0.05) is 30.3 Å². The predicted molar refractivity (Wildman–Crippen MR) is 64.9 cm³/mol. The molecule has 4 nitrogen and oxygen atoms in total. The van der Waals surface area contributed by atoms with Crippen molar-refractivity contribution in [2.45, 2.75) is 13.8 Å². The molecule has 0 fully saturated rings. The highest BCUT2D eigenvalue weighted by molar-refractivity contribution is 6.21. The number of ketones is 1. The zero-order valence-electron chi connectivity index (χ0n) is 9.90. The third-order valence-electron chi connectivity index (χ3n) is 2.19. The molecule has 2 N–H and O–H groups in total. The summed E-state index contributed by atoms with van der Waals surface area (Å²) in [6, 6.07) is 8.86. The fourth-order valence-corrected chi connectivity index (χ4v) is 1.41. The summed E-state index contributed by atoms with van der Waals surface area (Å²) in [5.74, 6) is -1.08. The molecule has 0 heterocycles. The molecule has 0 saturated carbocycles. The normalized spacial score (nSPS) is 11.6. The van der Waals surface area contributed by atoms with Crippen LogP contribution in [0.5, 0.6) is 0 Å². The molecule has 17 heavy (non-hydrogen) atoms. The van der Waals surface area contributed by atoms with Crippen molar-refractivity contribution in [2.75, 3.05) is 6.61 Å². The molecule has 0 aromatic heterocycles. The highest BCUT2D eigenvalue weighted by Crippen LogP contribution is 2.15. The molecule has 0 saturated heterocycles. The number of Topliss-reactive ketones (excluding diaryl/α,β-unsaturated/α-hetero) is 1. The Morgan fingerprint density at radius 1 is 1.24 bits per heavy atom. The van der Waals surface area contributed by atoms with Crippen molar-refractivity contribution < 1.29 is 14.3 Å². The molecule has 0 spiro atoms. The number of hydrogen-bond acceptors (Lipinski definition) is 4. The molecule has 1 rings (SSSR count). The lowest BCUT2D eigenvalue weighted by molar-refractivity contribution is -0.139. The van der Waals surface area contributed by atoms with Crippen molar-refractivity contribution in [3.8, 4) is 0 Å². The maximum absolute atomic E-state index is 11.6. The lowest BCUT2D eigenvalue weighted by atomic mass is 10.0. The Hall–Kier alpha value is -2.10. The Balaban J connectivity index is 3.21. The van der Waals surface area contributed by atoms with Crippen LogP contribution >= 0.6 is 0 Å². The van der Waals surface area contributed by atoms with Gasteiger partial charge in [0.15, 0.2) is 5.78 Å². The Morgan fingerprint density at radius 2 is 1.82 bits per heavy atom. The van der Waals surface area contributed by atoms with Crippen LogP contribution in [0.25, 0.3) is 5.70 Å². The number of rotatable bonds is 4. The van der Waals surface area contributed by atoms with E-state index in [0.717, 1.165) is 0 Å². The summed E-state index contributed by atoms with van der Waals surface area (Å²) < 4.78 is 4.81. The SMILES string of the molecule is CCOC(=O)/C(C(C)=O)=C(/N)c1ccccc1. The van der Waals surface area contributed by atoms with E-state index in [0.29, 0.717) is 5.56 Å². The molecule has 4 heteroatoms. The number of benzene rings is 1. The largest absolute Gasteiger partial charge is 0.462 e. The van der Waals surface area contributed by atoms with Crippen molar-refractivity contribution in [3.05, 3.63) is 41.5 Å². The highest BCUT2D eigenvalue weighted by atomic mass is 16.5. The van der Waals surface area contributed by atoms with E-state index in [1.54, 1.807) is 31.2 Å². The molecule has 0 atom stereocenters. The summed E-state index contributed by atoms with van der Waals surface area (Å²) in [6.45, 7) is 3.17. The van der Waals surface area contributed by atoms with Crippen LogP contribution in [0, 0.1) is 0 Å². The second kappa shape index (κ2) is 5.84. The monoisotopic (exact) mass is 233 g/mol. The average molecular weight is 233 g/mol. The van der Waals surface area contributed by atoms with Crippen molar-refractivity contribution in [1.82, 2.24) is 0 Å². The third kappa shape index (κ3) is 3.17. The molecule has 0 aliphatic rings. The molecule has 0 radical (unpaired) electrons. The third-order valence-corrected chi connectivity index (χ3v) is 2.19. The van der Waals surface area contributed by atoms with Gasteiger partial charge in [0, 0.05) is 0 Å². The topological polar surface area (TPSA) is 69.4 Å². The number of carbonyl (C=O) groups excluding carboxylic acids is 2. The van der Waals surface area contributed by atoms with Gasteiger partial charge in [-0.05, 0) is 19.4 Å². The van der Waals surface area contributed by atoms with Gasteiger partial charge < -0.3 is 10.5 Å². The summed E-state index contributed by atoms with van der Waals surface area (Å²) in [5, 5.41) is 0. The molecule has 1 aromatic carbocycles. The maximum Gasteiger partial charge on any atom is 0.343 e. The van der Waals surface area contributed by atoms with Gasteiger partial charge in [-0.2, -0.15) is 0 Å². The zero-order chi connectivity index (χ0) is 12.8. The van der Waals surface area contributed by atoms with Crippen LogP contribution in [0.3, 0.4) is 0 Å². The Kier molecular flexibility index (Phi) is 4.46. The van der Waals surface area contributed by atoms with E-state index in [9.17, 15) is 9.59 Å². The molecule has 0 amide bonds. The van der Waals surface area contributed by atoms with E-state index in [2.05, 4.69) is 0 Å². The summed E-state index contributed by atoms with van der Waals surface area (Å²) in [6.07, 6.45) is 0. The van der Waals surface area contributed by atoms with Gasteiger partial charge in [0.25, 0.3) is 0 Å². The second-order valence-electron chi connectivity index (χ2n) is 3.43. The first-order valence-corrected chi connectivity index (χ1v) is 5.31. The molecular weight excluding hydrogens is 218 g/mol.